The molecule has 98 valence electrons. The maximum atomic E-state index is 11.8. The number of nitrogens with one attached hydrogen (secondary N) is 2. The zero-order chi connectivity index (χ0) is 12.8. The largest absolute Gasteiger partial charge is 0.377 e. The first-order valence-electron chi connectivity index (χ1n) is 6.48. The van der Waals surface area contributed by atoms with E-state index in [0.29, 0.717) is 25.8 Å². The van der Waals surface area contributed by atoms with Crippen LogP contribution in [-0.4, -0.2) is 25.1 Å². The Morgan fingerprint density at radius 1 is 1.39 bits per heavy atom. The van der Waals surface area contributed by atoms with Gasteiger partial charge in [-0.15, -0.1) is 0 Å². The number of benzene rings is 1. The zero-order valence-corrected chi connectivity index (χ0v) is 10.7. The summed E-state index contributed by atoms with van der Waals surface area (Å²) in [6.07, 6.45) is 2.38. The van der Waals surface area contributed by atoms with E-state index in [4.69, 9.17) is 4.74 Å². The Morgan fingerprint density at radius 3 is 2.89 bits per heavy atom. The van der Waals surface area contributed by atoms with Crippen molar-refractivity contribution in [2.24, 2.45) is 0 Å². The van der Waals surface area contributed by atoms with Crippen LogP contribution in [-0.2, 0) is 16.1 Å². The predicted molar refractivity (Wildman–Crippen MR) is 71.4 cm³/mol. The lowest BCUT2D eigenvalue weighted by Crippen LogP contribution is -2.29. The van der Waals surface area contributed by atoms with Gasteiger partial charge in [-0.3, -0.25) is 4.79 Å². The molecule has 18 heavy (non-hydrogen) atoms. The summed E-state index contributed by atoms with van der Waals surface area (Å²) in [5, 5.41) is 6.12. The highest BCUT2D eigenvalue weighted by atomic mass is 16.5. The van der Waals surface area contributed by atoms with Gasteiger partial charge in [0.05, 0.1) is 13.2 Å². The van der Waals surface area contributed by atoms with Crippen LogP contribution in [0, 0.1) is 0 Å². The van der Waals surface area contributed by atoms with Crippen molar-refractivity contribution in [3.05, 3.63) is 29.8 Å². The molecule has 4 nitrogen and oxygen atoms in total. The number of para-hydroxylation sites is 1. The smallest absolute Gasteiger partial charge is 0.238 e. The summed E-state index contributed by atoms with van der Waals surface area (Å²) in [5.74, 6) is 0.00542. The summed E-state index contributed by atoms with van der Waals surface area (Å²) in [6.45, 7) is 3.54. The minimum Gasteiger partial charge on any atom is -0.377 e. The van der Waals surface area contributed by atoms with E-state index in [1.54, 1.807) is 0 Å². The van der Waals surface area contributed by atoms with E-state index in [1.807, 2.05) is 31.2 Å². The van der Waals surface area contributed by atoms with Crippen molar-refractivity contribution in [2.45, 2.75) is 32.4 Å². The lowest BCUT2D eigenvalue weighted by atomic mass is 10.2. The first-order chi connectivity index (χ1) is 8.79. The minimum absolute atomic E-state index is 0.00542. The summed E-state index contributed by atoms with van der Waals surface area (Å²) < 4.78 is 5.38. The molecule has 0 aromatic heterocycles. The van der Waals surface area contributed by atoms with Crippen LogP contribution < -0.4 is 10.6 Å². The van der Waals surface area contributed by atoms with E-state index >= 15 is 0 Å². The minimum atomic E-state index is 0.00542. The second kappa shape index (κ2) is 6.52. The average Bonchev–Trinajstić information content (AvgIpc) is 3.19. The Bertz CT molecular complexity index is 403. The highest BCUT2D eigenvalue weighted by molar-refractivity contribution is 5.93. The highest BCUT2D eigenvalue weighted by Gasteiger charge is 2.21. The molecule has 1 aliphatic carbocycles. The summed E-state index contributed by atoms with van der Waals surface area (Å²) >= 11 is 0. The van der Waals surface area contributed by atoms with Gasteiger partial charge in [0.15, 0.2) is 0 Å². The third kappa shape index (κ3) is 4.13. The molecule has 1 aromatic rings. The van der Waals surface area contributed by atoms with E-state index in [0.717, 1.165) is 11.3 Å². The summed E-state index contributed by atoms with van der Waals surface area (Å²) in [5.41, 5.74) is 1.85. The molecule has 0 spiro atoms. The first-order valence-corrected chi connectivity index (χ1v) is 6.48. The van der Waals surface area contributed by atoms with Crippen molar-refractivity contribution < 1.29 is 9.53 Å². The van der Waals surface area contributed by atoms with Crippen LogP contribution in [0.25, 0.3) is 0 Å². The second-order valence-electron chi connectivity index (χ2n) is 4.50. The van der Waals surface area contributed by atoms with Crippen LogP contribution in [0.4, 0.5) is 5.69 Å². The van der Waals surface area contributed by atoms with Crippen LogP contribution in [0.3, 0.4) is 0 Å². The molecule has 0 radical (unpaired) electrons. The number of hydrogen-bond donors (Lipinski definition) is 2. The molecule has 1 fully saturated rings. The average molecular weight is 248 g/mol. The number of carbonyl (C=O) groups is 1. The van der Waals surface area contributed by atoms with Gasteiger partial charge < -0.3 is 15.4 Å². The van der Waals surface area contributed by atoms with Crippen molar-refractivity contribution in [3.63, 3.8) is 0 Å². The molecule has 0 heterocycles. The Labute approximate surface area is 108 Å². The van der Waals surface area contributed by atoms with E-state index in [2.05, 4.69) is 10.6 Å². The molecular weight excluding hydrogens is 228 g/mol. The maximum absolute atomic E-state index is 11.8. The fraction of sp³-hybridized carbons (Fsp3) is 0.500. The molecule has 1 aliphatic rings. The molecule has 0 aliphatic heterocycles. The van der Waals surface area contributed by atoms with Gasteiger partial charge >= 0.3 is 0 Å². The quantitative estimate of drug-likeness (QED) is 0.775. The van der Waals surface area contributed by atoms with Crippen molar-refractivity contribution in [2.75, 3.05) is 18.5 Å². The van der Waals surface area contributed by atoms with Gasteiger partial charge in [0, 0.05) is 23.9 Å². The number of hydrogen-bond acceptors (Lipinski definition) is 3. The molecule has 0 atom stereocenters. The molecule has 4 heteroatoms. The van der Waals surface area contributed by atoms with Crippen molar-refractivity contribution in [1.29, 1.82) is 0 Å². The number of carbonyl (C=O) groups excluding carboxylic acids is 1. The van der Waals surface area contributed by atoms with Gasteiger partial charge in [-0.1, -0.05) is 18.2 Å². The molecule has 2 rings (SSSR count). The van der Waals surface area contributed by atoms with E-state index in [1.165, 1.54) is 12.8 Å². The van der Waals surface area contributed by atoms with Crippen LogP contribution in [0.1, 0.15) is 25.3 Å². The summed E-state index contributed by atoms with van der Waals surface area (Å²) in [7, 11) is 0. The highest BCUT2D eigenvalue weighted by Crippen LogP contribution is 2.18. The molecular formula is C14H20N2O2. The Kier molecular flexibility index (Phi) is 4.73. The van der Waals surface area contributed by atoms with Crippen LogP contribution >= 0.6 is 0 Å². The fourth-order valence-electron chi connectivity index (χ4n) is 1.70. The van der Waals surface area contributed by atoms with Crippen molar-refractivity contribution in [3.8, 4) is 0 Å². The molecule has 1 saturated carbocycles. The van der Waals surface area contributed by atoms with Crippen LogP contribution in [0.15, 0.2) is 24.3 Å². The third-order valence-corrected chi connectivity index (χ3v) is 2.88. The number of rotatable bonds is 7. The molecule has 0 bridgehead atoms. The standard InChI is InChI=1S/C14H20N2O2/c1-2-18-10-11-5-3-4-6-13(11)16-14(17)9-15-12-7-8-12/h3-6,12,15H,2,7-10H2,1H3,(H,16,17). The van der Waals surface area contributed by atoms with E-state index in [-0.39, 0.29) is 5.91 Å². The fourth-order valence-corrected chi connectivity index (χ4v) is 1.70. The van der Waals surface area contributed by atoms with Crippen molar-refractivity contribution in [1.82, 2.24) is 5.32 Å². The van der Waals surface area contributed by atoms with Gasteiger partial charge in [0.2, 0.25) is 5.91 Å². The Morgan fingerprint density at radius 2 is 2.17 bits per heavy atom. The summed E-state index contributed by atoms with van der Waals surface area (Å²) in [6, 6.07) is 8.30. The van der Waals surface area contributed by atoms with Gasteiger partial charge in [0.1, 0.15) is 0 Å². The molecule has 0 saturated heterocycles. The van der Waals surface area contributed by atoms with Gasteiger partial charge in [0.25, 0.3) is 0 Å². The van der Waals surface area contributed by atoms with Crippen LogP contribution in [0.2, 0.25) is 0 Å². The summed E-state index contributed by atoms with van der Waals surface area (Å²) in [4.78, 5) is 11.8. The lowest BCUT2D eigenvalue weighted by Gasteiger charge is -2.11. The molecule has 1 amide bonds. The van der Waals surface area contributed by atoms with Crippen molar-refractivity contribution >= 4 is 11.6 Å². The normalized spacial score (nSPS) is 14.5. The topological polar surface area (TPSA) is 50.4 Å². The Balaban J connectivity index is 1.87. The maximum Gasteiger partial charge on any atom is 0.238 e. The van der Waals surface area contributed by atoms with E-state index in [9.17, 15) is 4.79 Å². The number of ether oxygens (including phenoxy) is 1. The SMILES string of the molecule is CCOCc1ccccc1NC(=O)CNC1CC1. The Hall–Kier alpha value is -1.39. The number of amides is 1. The van der Waals surface area contributed by atoms with Gasteiger partial charge in [-0.25, -0.2) is 0 Å². The monoisotopic (exact) mass is 248 g/mol. The van der Waals surface area contributed by atoms with Crippen LogP contribution in [0.5, 0.6) is 0 Å². The molecule has 0 unspecified atom stereocenters. The molecule has 1 aromatic carbocycles. The third-order valence-electron chi connectivity index (χ3n) is 2.88. The van der Waals surface area contributed by atoms with Gasteiger partial charge in [-0.05, 0) is 25.8 Å². The predicted octanol–water partition coefficient (Wildman–Crippen LogP) is 1.91. The van der Waals surface area contributed by atoms with E-state index < -0.39 is 0 Å². The second-order valence-corrected chi connectivity index (χ2v) is 4.50. The zero-order valence-electron chi connectivity index (χ0n) is 10.7. The van der Waals surface area contributed by atoms with Gasteiger partial charge in [-0.2, -0.15) is 0 Å². The molecule has 2 N–H and O–H groups in total. The number of anilines is 1. The first kappa shape index (κ1) is 13.1. The lowest BCUT2D eigenvalue weighted by molar-refractivity contribution is -0.115.